The van der Waals surface area contributed by atoms with E-state index in [9.17, 15) is 0 Å². The highest BCUT2D eigenvalue weighted by Gasteiger charge is 2.51. The summed E-state index contributed by atoms with van der Waals surface area (Å²) in [5.74, 6) is 0. The largest absolute Gasteiger partial charge is 0.355 e. The van der Waals surface area contributed by atoms with Gasteiger partial charge in [-0.05, 0) is 114 Å². The van der Waals surface area contributed by atoms with E-state index >= 15 is 0 Å². The maximum Gasteiger partial charge on any atom is 0.0725 e. The Morgan fingerprint density at radius 2 is 0.847 bits per heavy atom. The fourth-order valence-corrected chi connectivity index (χ4v) is 9.69. The summed E-state index contributed by atoms with van der Waals surface area (Å²) in [7, 11) is 0. The van der Waals surface area contributed by atoms with Crippen molar-refractivity contribution in [1.82, 2.24) is 0 Å². The van der Waals surface area contributed by atoms with E-state index in [1.807, 2.05) is 0 Å². The predicted molar refractivity (Wildman–Crippen MR) is 247 cm³/mol. The number of para-hydroxylation sites is 1. The zero-order valence-corrected chi connectivity index (χ0v) is 32.6. The van der Waals surface area contributed by atoms with E-state index in [1.54, 1.807) is 0 Å². The molecule has 0 atom stereocenters. The molecule has 1 N–H and O–H groups in total. The van der Waals surface area contributed by atoms with Crippen LogP contribution in [0.4, 0.5) is 5.69 Å². The van der Waals surface area contributed by atoms with Crippen LogP contribution < -0.4 is 5.32 Å². The van der Waals surface area contributed by atoms with Crippen LogP contribution in [0.3, 0.4) is 0 Å². The van der Waals surface area contributed by atoms with Gasteiger partial charge in [0.25, 0.3) is 0 Å². The maximum atomic E-state index is 3.72. The van der Waals surface area contributed by atoms with Crippen LogP contribution in [0.5, 0.6) is 0 Å². The topological polar surface area (TPSA) is 12.0 Å². The molecule has 0 radical (unpaired) electrons. The van der Waals surface area contributed by atoms with Gasteiger partial charge in [0.15, 0.2) is 0 Å². The molecule has 59 heavy (non-hydrogen) atoms. The van der Waals surface area contributed by atoms with Gasteiger partial charge in [-0.1, -0.05) is 212 Å². The molecular weight excluding hydrogens is 711 g/mol. The lowest BCUT2D eigenvalue weighted by Gasteiger charge is -2.30. The van der Waals surface area contributed by atoms with E-state index in [2.05, 4.69) is 236 Å². The summed E-state index contributed by atoms with van der Waals surface area (Å²) in [6.07, 6.45) is 3.12. The molecule has 1 heteroatoms. The molecule has 2 aliphatic rings. The first-order valence-corrected chi connectivity index (χ1v) is 20.6. The van der Waals surface area contributed by atoms with Gasteiger partial charge in [0.05, 0.1) is 5.41 Å². The quantitative estimate of drug-likeness (QED) is 0.163. The van der Waals surface area contributed by atoms with Crippen LogP contribution in [0, 0.1) is 0 Å². The zero-order valence-electron chi connectivity index (χ0n) is 32.6. The van der Waals surface area contributed by atoms with Gasteiger partial charge in [0, 0.05) is 11.4 Å². The van der Waals surface area contributed by atoms with Crippen LogP contribution in [0.25, 0.3) is 61.3 Å². The molecule has 9 aromatic rings. The van der Waals surface area contributed by atoms with Crippen molar-refractivity contribution in [1.29, 1.82) is 0 Å². The summed E-state index contributed by atoms with van der Waals surface area (Å²) in [5, 5.41) is 3.72. The predicted octanol–water partition coefficient (Wildman–Crippen LogP) is 14.7. The molecule has 11 rings (SSSR count). The lowest BCUT2D eigenvalue weighted by atomic mass is 9.70. The van der Waals surface area contributed by atoms with E-state index in [4.69, 9.17) is 0 Å². The van der Waals surface area contributed by atoms with Gasteiger partial charge in [-0.15, -0.1) is 0 Å². The molecule has 0 unspecified atom stereocenters. The normalized spacial score (nSPS) is 13.1. The van der Waals surface area contributed by atoms with Crippen LogP contribution in [0.15, 0.2) is 231 Å². The third kappa shape index (κ3) is 5.86. The second kappa shape index (κ2) is 14.5. The van der Waals surface area contributed by atoms with E-state index in [-0.39, 0.29) is 5.41 Å². The van der Waals surface area contributed by atoms with E-state index < -0.39 is 0 Å². The number of hydrogen-bond donors (Lipinski definition) is 1. The first kappa shape index (κ1) is 34.7. The van der Waals surface area contributed by atoms with Crippen molar-refractivity contribution in [2.75, 3.05) is 5.32 Å². The fourth-order valence-electron chi connectivity index (χ4n) is 9.69. The minimum absolute atomic E-state index is 0.354. The number of allylic oxidation sites excluding steroid dienone is 1. The molecule has 0 heterocycles. The van der Waals surface area contributed by atoms with Gasteiger partial charge in [-0.3, -0.25) is 0 Å². The van der Waals surface area contributed by atoms with E-state index in [1.165, 1.54) is 83.5 Å². The number of anilines is 1. The van der Waals surface area contributed by atoms with Crippen molar-refractivity contribution in [3.63, 3.8) is 0 Å². The lowest BCUT2D eigenvalue weighted by molar-refractivity contribution is 0.794. The van der Waals surface area contributed by atoms with Gasteiger partial charge >= 0.3 is 0 Å². The molecule has 0 aliphatic heterocycles. The molecule has 1 spiro atoms. The average Bonchev–Trinajstić information content (AvgIpc) is 3.79. The highest BCUT2D eigenvalue weighted by molar-refractivity contribution is 6.00. The summed E-state index contributed by atoms with van der Waals surface area (Å²) in [6, 6.07) is 82.1. The van der Waals surface area contributed by atoms with Crippen molar-refractivity contribution in [2.24, 2.45) is 0 Å². The summed E-state index contributed by atoms with van der Waals surface area (Å²) in [4.78, 5) is 0. The monoisotopic (exact) mass is 751 g/mol. The average molecular weight is 752 g/mol. The van der Waals surface area contributed by atoms with Crippen LogP contribution in [-0.2, 0) is 11.8 Å². The molecule has 0 aromatic heterocycles. The Morgan fingerprint density at radius 3 is 1.54 bits per heavy atom. The molecule has 0 saturated heterocycles. The molecule has 0 saturated carbocycles. The third-order valence-corrected chi connectivity index (χ3v) is 12.4. The molecule has 9 aromatic carbocycles. The van der Waals surface area contributed by atoms with Crippen LogP contribution in [0.2, 0.25) is 0 Å². The zero-order chi connectivity index (χ0) is 39.2. The molecule has 2 aliphatic carbocycles. The molecular formula is C58H41N. The minimum atomic E-state index is -0.354. The summed E-state index contributed by atoms with van der Waals surface area (Å²) < 4.78 is 0. The Kier molecular flexibility index (Phi) is 8.52. The fraction of sp³-hybridized carbons (Fsp3) is 0.0345. The number of fused-ring (bicyclic) bond motifs is 10. The van der Waals surface area contributed by atoms with Gasteiger partial charge in [-0.25, -0.2) is 0 Å². The highest BCUT2D eigenvalue weighted by atomic mass is 14.9. The van der Waals surface area contributed by atoms with Gasteiger partial charge in [-0.2, -0.15) is 0 Å². The number of benzene rings is 9. The second-order valence-corrected chi connectivity index (χ2v) is 15.6. The Morgan fingerprint density at radius 1 is 0.373 bits per heavy atom. The maximum absolute atomic E-state index is 3.72. The molecule has 0 amide bonds. The molecule has 0 bridgehead atoms. The highest BCUT2D eigenvalue weighted by Crippen LogP contribution is 2.63. The van der Waals surface area contributed by atoms with Crippen molar-refractivity contribution >= 4 is 11.4 Å². The van der Waals surface area contributed by atoms with Crippen molar-refractivity contribution in [3.05, 3.63) is 264 Å². The molecule has 0 fully saturated rings. The lowest BCUT2D eigenvalue weighted by Crippen LogP contribution is -2.25. The summed E-state index contributed by atoms with van der Waals surface area (Å²) in [5.41, 5.74) is 22.3. The number of nitrogens with one attached hydrogen (secondary N) is 1. The van der Waals surface area contributed by atoms with Crippen molar-refractivity contribution in [2.45, 2.75) is 11.8 Å². The van der Waals surface area contributed by atoms with Gasteiger partial charge < -0.3 is 5.32 Å². The number of hydrogen-bond acceptors (Lipinski definition) is 1. The minimum Gasteiger partial charge on any atom is -0.355 e. The van der Waals surface area contributed by atoms with Crippen molar-refractivity contribution in [3.8, 4) is 55.6 Å². The summed E-state index contributed by atoms with van der Waals surface area (Å²) >= 11 is 0. The van der Waals surface area contributed by atoms with Gasteiger partial charge in [0.1, 0.15) is 0 Å². The van der Waals surface area contributed by atoms with Crippen LogP contribution in [-0.4, -0.2) is 0 Å². The van der Waals surface area contributed by atoms with Crippen LogP contribution >= 0.6 is 0 Å². The van der Waals surface area contributed by atoms with Crippen molar-refractivity contribution < 1.29 is 0 Å². The van der Waals surface area contributed by atoms with Crippen LogP contribution in [0.1, 0.15) is 33.4 Å². The first-order valence-electron chi connectivity index (χ1n) is 20.6. The Bertz CT molecular complexity index is 2960. The standard InChI is InChI=1S/C58H41N/c1-3-15-41(16-4-1)42-32-29-40(30-33-42)31-38-56(59-47-19-5-2-6-20-47)44-36-34-43(35-37-44)45-17-13-18-46(39-45)48-24-14-28-55-57(48)51-23-9-12-27-54(51)58(55)52-25-10-7-21-49(52)50-22-8-11-26-53(50)58/h1-30,32-39,59H,31H2/b56-38-. The number of rotatable bonds is 8. The van der Waals surface area contributed by atoms with Gasteiger partial charge in [0.2, 0.25) is 0 Å². The Balaban J connectivity index is 0.944. The Hall–Kier alpha value is -7.48. The smallest absolute Gasteiger partial charge is 0.0725 e. The molecule has 278 valence electrons. The van der Waals surface area contributed by atoms with E-state index in [0.717, 1.165) is 23.4 Å². The molecule has 1 nitrogen and oxygen atoms in total. The third-order valence-electron chi connectivity index (χ3n) is 12.4. The first-order chi connectivity index (χ1) is 29.3. The van der Waals surface area contributed by atoms with E-state index in [0.29, 0.717) is 0 Å². The Labute approximate surface area is 346 Å². The SMILES string of the molecule is C(/Cc1ccc(-c2ccccc2)cc1)=C(/Nc1ccccc1)c1ccc(-c2cccc(-c3cccc4c3-c3ccccc3C43c4ccccc4-c4ccccc43)c2)cc1. The summed E-state index contributed by atoms with van der Waals surface area (Å²) in [6.45, 7) is 0. The second-order valence-electron chi connectivity index (χ2n) is 15.6.